The van der Waals surface area contributed by atoms with E-state index in [1.165, 1.54) is 103 Å². The third-order valence-corrected chi connectivity index (χ3v) is 7.52. The standard InChI is InChI=1S/C33H63NO5/c1-3-5-7-9-10-11-12-13-14-15-16-17-18-19-20-21-22-23-24-26-31(35)34-30(27-28-32(36)37)33(38)39-29-25-8-6-4-2/h30H,3-29H2,1-2H3,(H,34,35)(H,36,37)/t30-/m0/s1. The lowest BCUT2D eigenvalue weighted by Gasteiger charge is -2.17. The number of carboxylic acids is 1. The number of carbonyl (C=O) groups is 3. The Labute approximate surface area is 240 Å². The Bertz CT molecular complexity index is 580. The number of aliphatic carboxylic acids is 1. The summed E-state index contributed by atoms with van der Waals surface area (Å²) < 4.78 is 5.28. The maximum absolute atomic E-state index is 12.3. The van der Waals surface area contributed by atoms with Crippen LogP contribution in [0.15, 0.2) is 0 Å². The van der Waals surface area contributed by atoms with Gasteiger partial charge in [0.1, 0.15) is 6.04 Å². The normalized spacial score (nSPS) is 11.8. The van der Waals surface area contributed by atoms with Gasteiger partial charge in [-0.2, -0.15) is 0 Å². The van der Waals surface area contributed by atoms with Gasteiger partial charge in [0.15, 0.2) is 0 Å². The molecule has 230 valence electrons. The van der Waals surface area contributed by atoms with Crippen molar-refractivity contribution < 1.29 is 24.2 Å². The van der Waals surface area contributed by atoms with Crippen molar-refractivity contribution in [2.45, 2.75) is 187 Å². The first-order valence-electron chi connectivity index (χ1n) is 16.7. The second-order valence-corrected chi connectivity index (χ2v) is 11.4. The van der Waals surface area contributed by atoms with Gasteiger partial charge in [-0.15, -0.1) is 0 Å². The number of hydrogen-bond donors (Lipinski definition) is 2. The third kappa shape index (κ3) is 27.8. The van der Waals surface area contributed by atoms with Crippen LogP contribution in [-0.4, -0.2) is 35.6 Å². The van der Waals surface area contributed by atoms with E-state index in [0.717, 1.165) is 44.9 Å². The van der Waals surface area contributed by atoms with Gasteiger partial charge in [0.05, 0.1) is 6.61 Å². The summed E-state index contributed by atoms with van der Waals surface area (Å²) in [6, 6.07) is -0.875. The molecule has 0 saturated heterocycles. The maximum Gasteiger partial charge on any atom is 0.328 e. The molecule has 0 aliphatic heterocycles. The molecule has 0 aromatic carbocycles. The SMILES string of the molecule is CCCCCCCCCCCCCCCCCCCCCC(=O)N[C@@H](CCC(=O)O)C(=O)OCCCCCC. The highest BCUT2D eigenvalue weighted by Gasteiger charge is 2.23. The molecule has 0 unspecified atom stereocenters. The van der Waals surface area contributed by atoms with Crippen LogP contribution in [0.2, 0.25) is 0 Å². The second-order valence-electron chi connectivity index (χ2n) is 11.4. The average Bonchev–Trinajstić information content (AvgIpc) is 2.92. The Morgan fingerprint density at radius 3 is 1.36 bits per heavy atom. The fraction of sp³-hybridized carbons (Fsp3) is 0.909. The van der Waals surface area contributed by atoms with E-state index in [9.17, 15) is 14.4 Å². The van der Waals surface area contributed by atoms with E-state index in [-0.39, 0.29) is 18.7 Å². The number of ether oxygens (including phenoxy) is 1. The third-order valence-electron chi connectivity index (χ3n) is 7.52. The number of esters is 1. The zero-order valence-electron chi connectivity index (χ0n) is 25.7. The highest BCUT2D eigenvalue weighted by atomic mass is 16.5. The summed E-state index contributed by atoms with van der Waals surface area (Å²) in [7, 11) is 0. The molecule has 0 spiro atoms. The highest BCUT2D eigenvalue weighted by molar-refractivity contribution is 5.84. The van der Waals surface area contributed by atoms with Crippen LogP contribution in [-0.2, 0) is 19.1 Å². The summed E-state index contributed by atoms with van der Waals surface area (Å²) in [5.74, 6) is -1.70. The summed E-state index contributed by atoms with van der Waals surface area (Å²) in [5.41, 5.74) is 0. The van der Waals surface area contributed by atoms with Crippen LogP contribution in [0.25, 0.3) is 0 Å². The van der Waals surface area contributed by atoms with Gasteiger partial charge < -0.3 is 15.2 Å². The van der Waals surface area contributed by atoms with Crippen molar-refractivity contribution in [2.75, 3.05) is 6.61 Å². The summed E-state index contributed by atoms with van der Waals surface area (Å²) >= 11 is 0. The average molecular weight is 554 g/mol. The molecule has 0 aromatic rings. The van der Waals surface area contributed by atoms with E-state index in [4.69, 9.17) is 9.84 Å². The second kappa shape index (κ2) is 29.4. The molecule has 39 heavy (non-hydrogen) atoms. The predicted octanol–water partition coefficient (Wildman–Crippen LogP) is 9.28. The fourth-order valence-corrected chi connectivity index (χ4v) is 4.95. The summed E-state index contributed by atoms with van der Waals surface area (Å²) in [4.78, 5) is 35.6. The van der Waals surface area contributed by atoms with E-state index >= 15 is 0 Å². The first kappa shape index (κ1) is 37.4. The van der Waals surface area contributed by atoms with E-state index in [2.05, 4.69) is 19.2 Å². The fourth-order valence-electron chi connectivity index (χ4n) is 4.95. The zero-order chi connectivity index (χ0) is 28.8. The molecule has 2 N–H and O–H groups in total. The molecule has 1 atom stereocenters. The zero-order valence-corrected chi connectivity index (χ0v) is 25.7. The monoisotopic (exact) mass is 553 g/mol. The lowest BCUT2D eigenvalue weighted by Crippen LogP contribution is -2.42. The summed E-state index contributed by atoms with van der Waals surface area (Å²) in [5, 5.41) is 11.7. The van der Waals surface area contributed by atoms with E-state index in [1.54, 1.807) is 0 Å². The molecule has 1 amide bonds. The molecular weight excluding hydrogens is 490 g/mol. The number of rotatable bonds is 30. The highest BCUT2D eigenvalue weighted by Crippen LogP contribution is 2.15. The van der Waals surface area contributed by atoms with Crippen LogP contribution in [0, 0.1) is 0 Å². The molecule has 0 saturated carbocycles. The van der Waals surface area contributed by atoms with Crippen molar-refractivity contribution in [3.8, 4) is 0 Å². The van der Waals surface area contributed by atoms with Crippen LogP contribution in [0.3, 0.4) is 0 Å². The van der Waals surface area contributed by atoms with Gasteiger partial charge in [-0.05, 0) is 19.3 Å². The van der Waals surface area contributed by atoms with E-state index < -0.39 is 18.0 Å². The molecule has 6 heteroatoms. The van der Waals surface area contributed by atoms with Crippen LogP contribution in [0.5, 0.6) is 0 Å². The molecule has 0 bridgehead atoms. The lowest BCUT2D eigenvalue weighted by atomic mass is 10.0. The van der Waals surface area contributed by atoms with Gasteiger partial charge in [0.2, 0.25) is 5.91 Å². The maximum atomic E-state index is 12.3. The van der Waals surface area contributed by atoms with Crippen LogP contribution < -0.4 is 5.32 Å². The smallest absolute Gasteiger partial charge is 0.328 e. The molecular formula is C33H63NO5. The molecule has 6 nitrogen and oxygen atoms in total. The van der Waals surface area contributed by atoms with Gasteiger partial charge in [-0.25, -0.2) is 4.79 Å². The molecule has 0 heterocycles. The number of hydrogen-bond acceptors (Lipinski definition) is 4. The van der Waals surface area contributed by atoms with Crippen LogP contribution in [0.4, 0.5) is 0 Å². The Kier molecular flexibility index (Phi) is 28.2. The Hall–Kier alpha value is -1.59. The van der Waals surface area contributed by atoms with Crippen molar-refractivity contribution in [1.82, 2.24) is 5.32 Å². The summed E-state index contributed by atoms with van der Waals surface area (Å²) in [6.07, 6.45) is 29.1. The molecule has 0 radical (unpaired) electrons. The predicted molar refractivity (Wildman–Crippen MR) is 162 cm³/mol. The van der Waals surface area contributed by atoms with Gasteiger partial charge in [-0.1, -0.05) is 149 Å². The molecule has 0 aliphatic carbocycles. The van der Waals surface area contributed by atoms with Crippen LogP contribution in [0.1, 0.15) is 181 Å². The van der Waals surface area contributed by atoms with E-state index in [1.807, 2.05) is 0 Å². The first-order chi connectivity index (χ1) is 19.0. The Morgan fingerprint density at radius 2 is 0.949 bits per heavy atom. The topological polar surface area (TPSA) is 92.7 Å². The van der Waals surface area contributed by atoms with Crippen molar-refractivity contribution in [3.63, 3.8) is 0 Å². The van der Waals surface area contributed by atoms with Gasteiger partial charge in [0, 0.05) is 12.8 Å². The molecule has 0 fully saturated rings. The largest absolute Gasteiger partial charge is 0.481 e. The van der Waals surface area contributed by atoms with Crippen molar-refractivity contribution >= 4 is 17.8 Å². The Morgan fingerprint density at radius 1 is 0.564 bits per heavy atom. The number of unbranched alkanes of at least 4 members (excludes halogenated alkanes) is 21. The van der Waals surface area contributed by atoms with Crippen molar-refractivity contribution in [3.05, 3.63) is 0 Å². The molecule has 0 aromatic heterocycles. The first-order valence-corrected chi connectivity index (χ1v) is 16.7. The minimum atomic E-state index is -0.983. The molecule has 0 aliphatic rings. The number of carbonyl (C=O) groups excluding carboxylic acids is 2. The van der Waals surface area contributed by atoms with Gasteiger partial charge in [-0.3, -0.25) is 9.59 Å². The lowest BCUT2D eigenvalue weighted by molar-refractivity contribution is -0.148. The minimum Gasteiger partial charge on any atom is -0.481 e. The number of carboxylic acid groups (broad SMARTS) is 1. The minimum absolute atomic E-state index is 0.0636. The van der Waals surface area contributed by atoms with Crippen LogP contribution >= 0.6 is 0 Å². The number of nitrogens with one attached hydrogen (secondary N) is 1. The van der Waals surface area contributed by atoms with Crippen molar-refractivity contribution in [2.24, 2.45) is 0 Å². The molecule has 0 rings (SSSR count). The van der Waals surface area contributed by atoms with Crippen molar-refractivity contribution in [1.29, 1.82) is 0 Å². The van der Waals surface area contributed by atoms with Gasteiger partial charge in [0.25, 0.3) is 0 Å². The van der Waals surface area contributed by atoms with E-state index in [0.29, 0.717) is 13.0 Å². The summed E-state index contributed by atoms with van der Waals surface area (Å²) in [6.45, 7) is 4.71. The van der Waals surface area contributed by atoms with Gasteiger partial charge >= 0.3 is 11.9 Å². The quantitative estimate of drug-likeness (QED) is 0.0683. The number of amides is 1. The Balaban J connectivity index is 3.68.